The van der Waals surface area contributed by atoms with Crippen molar-refractivity contribution >= 4 is 77.4 Å². The lowest BCUT2D eigenvalue weighted by Crippen LogP contribution is -2.68. The van der Waals surface area contributed by atoms with Crippen molar-refractivity contribution in [3.63, 3.8) is 0 Å². The van der Waals surface area contributed by atoms with E-state index in [1.807, 2.05) is 109 Å². The summed E-state index contributed by atoms with van der Waals surface area (Å²) >= 11 is 12.3. The fraction of sp³-hybridized carbons (Fsp3) is 0.351. The van der Waals surface area contributed by atoms with Gasteiger partial charge in [0.05, 0.1) is 69.3 Å². The molecular formula is C97H96Cl2N2O28. The predicted molar refractivity (Wildman–Crippen MR) is 459 cm³/mol. The van der Waals surface area contributed by atoms with E-state index in [4.69, 9.17) is 113 Å². The second-order valence-corrected chi connectivity index (χ2v) is 31.2. The topological polar surface area (TPSA) is 353 Å². The number of hydrogen-bond acceptors (Lipinski definition) is 28. The number of fused-ring (bicyclic) bond motifs is 4. The first kappa shape index (κ1) is 93.0. The van der Waals surface area contributed by atoms with Crippen LogP contribution in [0.25, 0.3) is 11.1 Å². The molecule has 2 amide bonds. The summed E-state index contributed by atoms with van der Waals surface area (Å²) in [4.78, 5) is 129. The normalized spacial score (nSPS) is 23.0. The van der Waals surface area contributed by atoms with Gasteiger partial charge in [0.1, 0.15) is 74.3 Å². The minimum atomic E-state index is -2.85. The molecule has 30 nitrogen and oxygen atoms in total. The predicted octanol–water partition coefficient (Wildman–Crippen LogP) is 13.4. The van der Waals surface area contributed by atoms with Crippen LogP contribution in [0.3, 0.4) is 0 Å². The van der Waals surface area contributed by atoms with Crippen LogP contribution in [0.4, 0.5) is 14.4 Å². The van der Waals surface area contributed by atoms with Crippen LogP contribution in [0.2, 0.25) is 0 Å². The van der Waals surface area contributed by atoms with E-state index in [1.165, 1.54) is 36.4 Å². The van der Waals surface area contributed by atoms with E-state index in [0.29, 0.717) is 30.4 Å². The van der Waals surface area contributed by atoms with E-state index in [9.17, 15) is 28.8 Å². The molecule has 0 radical (unpaired) electrons. The quantitative estimate of drug-likeness (QED) is 0.0155. The van der Waals surface area contributed by atoms with Gasteiger partial charge in [0.15, 0.2) is 43.1 Å². The van der Waals surface area contributed by atoms with E-state index in [0.717, 1.165) is 40.5 Å². The molecule has 0 bridgehead atoms. The lowest BCUT2D eigenvalue weighted by molar-refractivity contribution is -0.371. The number of ether oxygens (including phenoxy) is 19. The van der Waals surface area contributed by atoms with E-state index < -0.39 is 196 Å². The number of methoxy groups -OCH3 is 1. The maximum atomic E-state index is 15.4. The number of rotatable bonds is 41. The SMILES string of the molecule is COC(=O)[C@@]1(OC[C@H]2O[C@@H](O[C@H]3[C@H](OC(=O)c4ccccc4)[C@@H](OC(=O)c4ccccc4)[C@H](OCCCCCNC(=O)OCc4ccccc4)O[C@@H]3COCc3ccccc3)[C@H](OC(=O)c3ccccc3)[C@@H](OCc3ccccc3)[C@H]2OCc2ccccc2)C[C@@H]2OC(=O)N[C@H]2[C@H]([C@H](OC(=O)CCl)[C@@H](COC(=O)OCC2c3ccccc3-c3ccccc32)OC(=O)CCl)O1. The summed E-state index contributed by atoms with van der Waals surface area (Å²) in [6.45, 7) is -2.76. The summed E-state index contributed by atoms with van der Waals surface area (Å²) < 4.78 is 123. The maximum absolute atomic E-state index is 15.4. The number of nitrogens with one attached hydrogen (secondary N) is 2. The number of alkyl halides is 2. The molecule has 9 aromatic rings. The highest BCUT2D eigenvalue weighted by molar-refractivity contribution is 6.26. The molecule has 0 unspecified atom stereocenters. The highest BCUT2D eigenvalue weighted by atomic mass is 35.5. The molecule has 0 saturated carbocycles. The molecule has 9 aromatic carbocycles. The molecule has 129 heavy (non-hydrogen) atoms. The molecule has 14 rings (SSSR count). The van der Waals surface area contributed by atoms with Crippen LogP contribution >= 0.6 is 23.2 Å². The largest absolute Gasteiger partial charge is 0.508 e. The van der Waals surface area contributed by atoms with Gasteiger partial charge in [-0.05, 0) is 100 Å². The number of unbranched alkanes of at least 4 members (excludes halogenated alkanes) is 2. The van der Waals surface area contributed by atoms with Gasteiger partial charge in [0.25, 0.3) is 5.79 Å². The van der Waals surface area contributed by atoms with Crippen LogP contribution in [0.1, 0.15) is 96.1 Å². The molecule has 0 aromatic heterocycles. The molecule has 4 fully saturated rings. The van der Waals surface area contributed by atoms with Crippen LogP contribution in [0.15, 0.2) is 261 Å². The molecule has 2 N–H and O–H groups in total. The number of amides is 2. The Bertz CT molecular complexity index is 5130. The van der Waals surface area contributed by atoms with E-state index in [-0.39, 0.29) is 62.9 Å². The lowest BCUT2D eigenvalue weighted by atomic mass is 9.88. The summed E-state index contributed by atoms with van der Waals surface area (Å²) in [5.41, 5.74) is 6.52. The second kappa shape index (κ2) is 46.2. The highest BCUT2D eigenvalue weighted by Crippen LogP contribution is 2.46. The molecule has 4 heterocycles. The Morgan fingerprint density at radius 2 is 0.961 bits per heavy atom. The van der Waals surface area contributed by atoms with Crippen molar-refractivity contribution in [1.29, 1.82) is 0 Å². The molecule has 0 spiro atoms. The summed E-state index contributed by atoms with van der Waals surface area (Å²) in [6, 6.07) is 73.8. The fourth-order valence-electron chi connectivity index (χ4n) is 15.8. The smallest absolute Gasteiger partial charge is 0.465 e. The molecule has 4 saturated heterocycles. The Labute approximate surface area is 753 Å². The number of esters is 6. The number of carbonyl (C=O) groups is 9. The Morgan fingerprint density at radius 1 is 0.481 bits per heavy atom. The molecule has 1 aliphatic carbocycles. The average molecular weight is 1810 g/mol. The van der Waals surface area contributed by atoms with Crippen LogP contribution < -0.4 is 10.6 Å². The third-order valence-corrected chi connectivity index (χ3v) is 22.4. The van der Waals surface area contributed by atoms with Crippen molar-refractivity contribution < 1.29 is 133 Å². The summed E-state index contributed by atoms with van der Waals surface area (Å²) in [5, 5.41) is 5.42. The van der Waals surface area contributed by atoms with Crippen LogP contribution in [0, 0.1) is 0 Å². The van der Waals surface area contributed by atoms with Crippen molar-refractivity contribution in [3.8, 4) is 11.1 Å². The highest BCUT2D eigenvalue weighted by Gasteiger charge is 2.63. The van der Waals surface area contributed by atoms with Crippen molar-refractivity contribution in [2.24, 2.45) is 0 Å². The monoisotopic (exact) mass is 1810 g/mol. The van der Waals surface area contributed by atoms with Crippen molar-refractivity contribution in [2.75, 3.05) is 58.4 Å². The van der Waals surface area contributed by atoms with E-state index in [2.05, 4.69) is 10.6 Å². The van der Waals surface area contributed by atoms with Gasteiger partial charge in [0, 0.05) is 19.1 Å². The zero-order chi connectivity index (χ0) is 89.9. The minimum absolute atomic E-state index is 0.0356. The van der Waals surface area contributed by atoms with Gasteiger partial charge in [0.2, 0.25) is 0 Å². The lowest BCUT2D eigenvalue weighted by Gasteiger charge is -2.50. The summed E-state index contributed by atoms with van der Waals surface area (Å²) in [5.74, 6) is -11.4. The first-order valence-corrected chi connectivity index (χ1v) is 43.2. The van der Waals surface area contributed by atoms with Crippen LogP contribution in [-0.4, -0.2) is 210 Å². The third-order valence-electron chi connectivity index (χ3n) is 22.0. The number of hydrogen-bond donors (Lipinski definition) is 2. The second-order valence-electron chi connectivity index (χ2n) is 30.6. The number of carbonyl (C=O) groups excluding carboxylic acids is 9. The van der Waals surface area contributed by atoms with Gasteiger partial charge in [-0.15, -0.1) is 23.2 Å². The van der Waals surface area contributed by atoms with Gasteiger partial charge < -0.3 is 101 Å². The maximum Gasteiger partial charge on any atom is 0.508 e. The van der Waals surface area contributed by atoms with Gasteiger partial charge >= 0.3 is 54.2 Å². The summed E-state index contributed by atoms with van der Waals surface area (Å²) in [7, 11) is 1.00. The Kier molecular flexibility index (Phi) is 33.3. The number of alkyl carbamates (subject to hydrolysis) is 2. The summed E-state index contributed by atoms with van der Waals surface area (Å²) in [6.07, 6.45) is -26.9. The zero-order valence-corrected chi connectivity index (χ0v) is 71.6. The first-order chi connectivity index (χ1) is 63.0. The third kappa shape index (κ3) is 24.6. The fourth-order valence-corrected chi connectivity index (χ4v) is 15.9. The molecule has 32 heteroatoms. The molecule has 16 atom stereocenters. The Balaban J connectivity index is 0.844. The Morgan fingerprint density at radius 3 is 1.51 bits per heavy atom. The zero-order valence-electron chi connectivity index (χ0n) is 70.1. The van der Waals surface area contributed by atoms with E-state index in [1.54, 1.807) is 115 Å². The molecule has 4 aliphatic heterocycles. The Hall–Kier alpha value is -12.2. The molecule has 676 valence electrons. The standard InChI is InChI=1S/C97H96Cl2N2O28/c1-111-93(107)97(50-73-79(101-95(109)123-73)83(129-97)81(124-78(103)52-99)75(120-77(102)51-98)59-118-96(110)117-57-72-70-46-26-24-44-68(70)69-45-25-27-47-71(69)72)119-60-76-80(114-54-62-32-12-3-13-33-62)84(115-55-63-34-14-4-15-35-63)86(126-89(105)66-40-20-7-21-41-66)92(122-76)128-82-74(58-112-53-61-30-10-2-11-31-61)121-91(113-49-29-9-28-48-100-94(108)116-56-64-36-16-5-17-37-64)87(127-90(106)67-42-22-8-23-43-67)85(82)125-88(104)65-38-18-6-19-39-65/h2-8,10-27,30-47,72-76,79-87,91-92H,9,28-29,48-60H2,1H3,(H,100,108)(H,101,109)/t73-,74+,75+,76+,79+,80-,81+,82+,83+,84-,85-,86+,87+,91+,92-,97+/m0/s1. The van der Waals surface area contributed by atoms with Gasteiger partial charge in [-0.1, -0.05) is 224 Å². The average Bonchev–Trinajstić information content (AvgIpc) is 1.71. The van der Waals surface area contributed by atoms with E-state index >= 15 is 14.4 Å². The van der Waals surface area contributed by atoms with Gasteiger partial charge in [-0.2, -0.15) is 0 Å². The van der Waals surface area contributed by atoms with Gasteiger partial charge in [-0.3, -0.25) is 9.59 Å². The van der Waals surface area contributed by atoms with Crippen molar-refractivity contribution in [2.45, 2.75) is 156 Å². The number of benzene rings is 9. The van der Waals surface area contributed by atoms with Gasteiger partial charge in [-0.25, -0.2) is 33.6 Å². The van der Waals surface area contributed by atoms with Crippen molar-refractivity contribution in [3.05, 3.63) is 311 Å². The molecular weight excluding hydrogens is 1710 g/mol. The number of halogens is 2. The first-order valence-electron chi connectivity index (χ1n) is 42.1. The minimum Gasteiger partial charge on any atom is -0.465 e. The van der Waals surface area contributed by atoms with Crippen molar-refractivity contribution in [1.82, 2.24) is 10.6 Å². The van der Waals surface area contributed by atoms with Crippen LogP contribution in [0.5, 0.6) is 0 Å². The van der Waals surface area contributed by atoms with Crippen LogP contribution in [-0.2, 0) is 131 Å². The molecule has 5 aliphatic rings.